The van der Waals surface area contributed by atoms with E-state index in [2.05, 4.69) is 46.3 Å². The molecule has 0 fully saturated rings. The smallest absolute Gasteiger partial charge is 0.253 e. The number of aryl methyl sites for hydroxylation is 2. The lowest BCUT2D eigenvalue weighted by Gasteiger charge is -2.13. The molecule has 0 unspecified atom stereocenters. The highest BCUT2D eigenvalue weighted by Gasteiger charge is 2.21. The minimum absolute atomic E-state index is 0.157. The highest BCUT2D eigenvalue weighted by atomic mass is 32.2. The van der Waals surface area contributed by atoms with Crippen LogP contribution in [-0.4, -0.2) is 25.4 Å². The first-order chi connectivity index (χ1) is 11.2. The Morgan fingerprint density at radius 3 is 2.87 bits per heavy atom. The highest BCUT2D eigenvalue weighted by Crippen LogP contribution is 2.24. The van der Waals surface area contributed by atoms with E-state index < -0.39 is 0 Å². The first kappa shape index (κ1) is 14.4. The van der Waals surface area contributed by atoms with Gasteiger partial charge >= 0.3 is 0 Å². The van der Waals surface area contributed by atoms with Gasteiger partial charge < -0.3 is 0 Å². The second-order valence-electron chi connectivity index (χ2n) is 5.78. The van der Waals surface area contributed by atoms with E-state index in [0.29, 0.717) is 22.9 Å². The minimum Gasteiger partial charge on any atom is -0.294 e. The van der Waals surface area contributed by atoms with Crippen LogP contribution in [0.3, 0.4) is 0 Å². The zero-order valence-electron chi connectivity index (χ0n) is 12.8. The molecule has 1 aliphatic rings. The number of hydrogen-bond acceptors (Lipinski definition) is 5. The van der Waals surface area contributed by atoms with Gasteiger partial charge in [-0.15, -0.1) is 5.10 Å². The summed E-state index contributed by atoms with van der Waals surface area (Å²) in [6.07, 6.45) is 3.97. The Labute approximate surface area is 138 Å². The van der Waals surface area contributed by atoms with Crippen molar-refractivity contribution < 1.29 is 4.79 Å². The largest absolute Gasteiger partial charge is 0.294 e. The summed E-state index contributed by atoms with van der Waals surface area (Å²) < 4.78 is 1.74. The van der Waals surface area contributed by atoms with Crippen LogP contribution >= 0.6 is 11.8 Å². The molecule has 0 saturated carbocycles. The molecule has 0 bridgehead atoms. The minimum atomic E-state index is 0.157. The lowest BCUT2D eigenvalue weighted by atomic mass is 9.96. The molecule has 2 aromatic heterocycles. The van der Waals surface area contributed by atoms with E-state index in [1.165, 1.54) is 11.1 Å². The molecule has 0 saturated heterocycles. The summed E-state index contributed by atoms with van der Waals surface area (Å²) in [4.78, 5) is 20.7. The van der Waals surface area contributed by atoms with Gasteiger partial charge in [-0.2, -0.15) is 9.50 Å². The van der Waals surface area contributed by atoms with Crippen molar-refractivity contribution in [2.24, 2.45) is 0 Å². The summed E-state index contributed by atoms with van der Waals surface area (Å²) >= 11 is 1.59. The molecular weight excluding hydrogens is 308 g/mol. The zero-order valence-corrected chi connectivity index (χ0v) is 13.6. The Morgan fingerprint density at radius 2 is 2.04 bits per heavy atom. The van der Waals surface area contributed by atoms with Crippen molar-refractivity contribution in [2.75, 3.05) is 0 Å². The molecule has 6 heteroatoms. The molecule has 0 atom stereocenters. The van der Waals surface area contributed by atoms with Gasteiger partial charge in [-0.1, -0.05) is 41.6 Å². The van der Waals surface area contributed by atoms with Gasteiger partial charge in [-0.05, 0) is 25.3 Å². The molecule has 4 rings (SSSR count). The summed E-state index contributed by atoms with van der Waals surface area (Å²) in [7, 11) is 0. The van der Waals surface area contributed by atoms with Crippen molar-refractivity contribution in [3.8, 4) is 0 Å². The molecule has 0 amide bonds. The van der Waals surface area contributed by atoms with Gasteiger partial charge in [0.2, 0.25) is 5.16 Å². The van der Waals surface area contributed by atoms with Gasteiger partial charge in [0, 0.05) is 18.4 Å². The quantitative estimate of drug-likeness (QED) is 0.692. The second-order valence-corrected chi connectivity index (χ2v) is 6.72. The summed E-state index contributed by atoms with van der Waals surface area (Å²) in [5, 5.41) is 5.25. The van der Waals surface area contributed by atoms with Crippen molar-refractivity contribution in [3.63, 3.8) is 0 Å². The van der Waals surface area contributed by atoms with Crippen LogP contribution in [0.4, 0.5) is 0 Å². The first-order valence-electron chi connectivity index (χ1n) is 7.67. The second kappa shape index (κ2) is 5.77. The number of hydrogen-bond donors (Lipinski definition) is 0. The van der Waals surface area contributed by atoms with Gasteiger partial charge in [-0.3, -0.25) is 4.79 Å². The van der Waals surface area contributed by atoms with E-state index in [-0.39, 0.29) is 5.78 Å². The molecule has 5 nitrogen and oxygen atoms in total. The average Bonchev–Trinajstić information content (AvgIpc) is 2.98. The molecule has 116 valence electrons. The fourth-order valence-electron chi connectivity index (χ4n) is 2.78. The molecule has 1 aromatic carbocycles. The van der Waals surface area contributed by atoms with Crippen LogP contribution in [0.5, 0.6) is 0 Å². The Bertz CT molecular complexity index is 885. The standard InChI is InChI=1S/C17H16N4OS/c1-11-5-7-12(8-6-11)10-23-17-19-16-18-9-13-14(21(16)20-17)3-2-4-15(13)22/h5-9H,2-4,10H2,1H3. The first-order valence-corrected chi connectivity index (χ1v) is 8.65. The molecule has 3 aromatic rings. The Kier molecular flexibility index (Phi) is 3.61. The molecule has 0 radical (unpaired) electrons. The molecule has 0 N–H and O–H groups in total. The van der Waals surface area contributed by atoms with Gasteiger partial charge in [0.1, 0.15) is 0 Å². The predicted molar refractivity (Wildman–Crippen MR) is 88.8 cm³/mol. The Morgan fingerprint density at radius 1 is 1.22 bits per heavy atom. The van der Waals surface area contributed by atoms with Crippen LogP contribution in [0.15, 0.2) is 35.6 Å². The summed E-state index contributed by atoms with van der Waals surface area (Å²) in [5.74, 6) is 1.55. The van der Waals surface area contributed by atoms with Crippen molar-refractivity contribution in [3.05, 3.63) is 52.8 Å². The number of benzene rings is 1. The van der Waals surface area contributed by atoms with Crippen molar-refractivity contribution in [1.82, 2.24) is 19.6 Å². The molecular formula is C17H16N4OS. The number of fused-ring (bicyclic) bond motifs is 3. The molecule has 0 aliphatic heterocycles. The summed E-state index contributed by atoms with van der Waals surface area (Å²) in [6.45, 7) is 2.08. The van der Waals surface area contributed by atoms with Gasteiger partial charge in [0.05, 0.1) is 11.3 Å². The van der Waals surface area contributed by atoms with Gasteiger partial charge in [0.15, 0.2) is 5.78 Å². The maximum absolute atomic E-state index is 12.0. The van der Waals surface area contributed by atoms with Crippen LogP contribution in [0.25, 0.3) is 5.78 Å². The molecule has 0 spiro atoms. The van der Waals surface area contributed by atoms with Crippen LogP contribution in [0.1, 0.15) is 40.0 Å². The monoisotopic (exact) mass is 324 g/mol. The predicted octanol–water partition coefficient (Wildman–Crippen LogP) is 3.24. The fraction of sp³-hybridized carbons (Fsp3) is 0.294. The van der Waals surface area contributed by atoms with E-state index in [1.54, 1.807) is 22.5 Å². The summed E-state index contributed by atoms with van der Waals surface area (Å²) in [5.41, 5.74) is 4.14. The highest BCUT2D eigenvalue weighted by molar-refractivity contribution is 7.98. The maximum atomic E-state index is 12.0. The van der Waals surface area contributed by atoms with E-state index in [1.807, 2.05) is 0 Å². The fourth-order valence-corrected chi connectivity index (χ4v) is 3.55. The number of carbonyl (C=O) groups is 1. The lowest BCUT2D eigenvalue weighted by molar-refractivity contribution is 0.0970. The van der Waals surface area contributed by atoms with Crippen LogP contribution in [0, 0.1) is 6.92 Å². The third-order valence-electron chi connectivity index (χ3n) is 4.05. The number of rotatable bonds is 3. The third kappa shape index (κ3) is 2.74. The van der Waals surface area contributed by atoms with Crippen LogP contribution in [-0.2, 0) is 12.2 Å². The van der Waals surface area contributed by atoms with Crippen molar-refractivity contribution >= 4 is 23.3 Å². The maximum Gasteiger partial charge on any atom is 0.253 e. The topological polar surface area (TPSA) is 60.1 Å². The molecule has 2 heterocycles. The van der Waals surface area contributed by atoms with Crippen LogP contribution < -0.4 is 0 Å². The van der Waals surface area contributed by atoms with Gasteiger partial charge in [0.25, 0.3) is 5.78 Å². The van der Waals surface area contributed by atoms with E-state index >= 15 is 0 Å². The Balaban J connectivity index is 1.61. The van der Waals surface area contributed by atoms with Crippen LogP contribution in [0.2, 0.25) is 0 Å². The molecule has 23 heavy (non-hydrogen) atoms. The summed E-state index contributed by atoms with van der Waals surface area (Å²) in [6, 6.07) is 8.46. The van der Waals surface area contributed by atoms with E-state index in [0.717, 1.165) is 24.3 Å². The lowest BCUT2D eigenvalue weighted by Crippen LogP contribution is -2.16. The average molecular weight is 324 g/mol. The number of Topliss-reactive ketones (excluding diaryl/α,β-unsaturated/α-hetero) is 1. The Hall–Kier alpha value is -2.21. The zero-order chi connectivity index (χ0) is 15.8. The van der Waals surface area contributed by atoms with Crippen molar-refractivity contribution in [2.45, 2.75) is 37.1 Å². The number of nitrogens with zero attached hydrogens (tertiary/aromatic N) is 4. The number of thioether (sulfide) groups is 1. The third-order valence-corrected chi connectivity index (χ3v) is 4.96. The van der Waals surface area contributed by atoms with E-state index in [9.17, 15) is 4.79 Å². The molecule has 1 aliphatic carbocycles. The normalized spacial score (nSPS) is 14.2. The number of ketones is 1. The SMILES string of the molecule is Cc1ccc(CSc2nc3ncc4c(n3n2)CCCC4=O)cc1. The van der Waals surface area contributed by atoms with Gasteiger partial charge in [-0.25, -0.2) is 4.98 Å². The number of aromatic nitrogens is 4. The van der Waals surface area contributed by atoms with Crippen molar-refractivity contribution in [1.29, 1.82) is 0 Å². The number of carbonyl (C=O) groups excluding carboxylic acids is 1. The van der Waals surface area contributed by atoms with E-state index in [4.69, 9.17) is 0 Å².